The molecule has 1 N–H and O–H groups in total. The van der Waals surface area contributed by atoms with Gasteiger partial charge in [0.05, 0.1) is 5.52 Å². The summed E-state index contributed by atoms with van der Waals surface area (Å²) in [6.45, 7) is 4.26. The first kappa shape index (κ1) is 10.3. The van der Waals surface area contributed by atoms with Crippen LogP contribution >= 0.6 is 0 Å². The number of hydrogen-bond acceptors (Lipinski definition) is 1. The highest BCUT2D eigenvalue weighted by Gasteiger charge is 2.26. The molecule has 1 atom stereocenters. The number of rotatable bonds is 0. The Hall–Kier alpha value is -1.84. The van der Waals surface area contributed by atoms with E-state index in [0.29, 0.717) is 23.3 Å². The van der Waals surface area contributed by atoms with E-state index in [4.69, 9.17) is 0 Å². The maximum Gasteiger partial charge on any atom is 0.268 e. The van der Waals surface area contributed by atoms with Gasteiger partial charge in [0.25, 0.3) is 5.91 Å². The van der Waals surface area contributed by atoms with Crippen molar-refractivity contribution in [2.45, 2.75) is 19.9 Å². The SMILES string of the molecule is Cc1ccc2cc3n(c2c1F)[C@H](C)CNC3=O. The van der Waals surface area contributed by atoms with E-state index >= 15 is 0 Å². The van der Waals surface area contributed by atoms with Crippen molar-refractivity contribution in [3.63, 3.8) is 0 Å². The largest absolute Gasteiger partial charge is 0.349 e. The monoisotopic (exact) mass is 232 g/mol. The molecule has 0 unspecified atom stereocenters. The van der Waals surface area contributed by atoms with E-state index in [0.717, 1.165) is 5.39 Å². The van der Waals surface area contributed by atoms with Crippen LogP contribution in [0.3, 0.4) is 0 Å². The topological polar surface area (TPSA) is 34.0 Å². The second-order valence-corrected chi connectivity index (χ2v) is 4.59. The lowest BCUT2D eigenvalue weighted by Gasteiger charge is -2.24. The number of hydrogen-bond donors (Lipinski definition) is 1. The maximum atomic E-state index is 14.2. The van der Waals surface area contributed by atoms with E-state index in [2.05, 4.69) is 5.32 Å². The van der Waals surface area contributed by atoms with Crippen molar-refractivity contribution in [2.24, 2.45) is 0 Å². The molecule has 0 bridgehead atoms. The highest BCUT2D eigenvalue weighted by Crippen LogP contribution is 2.29. The van der Waals surface area contributed by atoms with Crippen LogP contribution < -0.4 is 5.32 Å². The third-order valence-electron chi connectivity index (χ3n) is 3.36. The number of amides is 1. The Morgan fingerprint density at radius 3 is 3.00 bits per heavy atom. The number of aryl methyl sites for hydroxylation is 1. The van der Waals surface area contributed by atoms with Crippen LogP contribution in [0.25, 0.3) is 10.9 Å². The van der Waals surface area contributed by atoms with Gasteiger partial charge in [-0.3, -0.25) is 4.79 Å². The van der Waals surface area contributed by atoms with E-state index < -0.39 is 0 Å². The molecule has 3 rings (SSSR count). The molecular weight excluding hydrogens is 219 g/mol. The maximum absolute atomic E-state index is 14.2. The number of aromatic nitrogens is 1. The molecule has 2 heterocycles. The Morgan fingerprint density at radius 1 is 1.47 bits per heavy atom. The molecule has 3 nitrogen and oxygen atoms in total. The Bertz CT molecular complexity index is 630. The first-order chi connectivity index (χ1) is 8.09. The lowest BCUT2D eigenvalue weighted by atomic mass is 10.1. The van der Waals surface area contributed by atoms with Crippen LogP contribution in [-0.2, 0) is 0 Å². The second kappa shape index (κ2) is 3.32. The minimum atomic E-state index is -0.227. The molecule has 1 aliphatic rings. The summed E-state index contributed by atoms with van der Waals surface area (Å²) in [4.78, 5) is 11.7. The lowest BCUT2D eigenvalue weighted by Crippen LogP contribution is -2.37. The molecular formula is C13H13FN2O. The molecule has 0 saturated heterocycles. The van der Waals surface area contributed by atoms with Crippen molar-refractivity contribution in [3.05, 3.63) is 35.3 Å². The van der Waals surface area contributed by atoms with Crippen LogP contribution in [0, 0.1) is 12.7 Å². The fraction of sp³-hybridized carbons (Fsp3) is 0.308. The smallest absolute Gasteiger partial charge is 0.268 e. The van der Waals surface area contributed by atoms with E-state index in [-0.39, 0.29) is 17.8 Å². The summed E-state index contributed by atoms with van der Waals surface area (Å²) in [6, 6.07) is 5.44. The zero-order valence-corrected chi connectivity index (χ0v) is 9.75. The van der Waals surface area contributed by atoms with Crippen LogP contribution in [0.5, 0.6) is 0 Å². The van der Waals surface area contributed by atoms with Crippen molar-refractivity contribution in [1.82, 2.24) is 9.88 Å². The first-order valence-corrected chi connectivity index (χ1v) is 5.68. The number of halogens is 1. The van der Waals surface area contributed by atoms with Gasteiger partial charge in [-0.15, -0.1) is 0 Å². The Kier molecular flexibility index (Phi) is 2.02. The van der Waals surface area contributed by atoms with Gasteiger partial charge in [-0.2, -0.15) is 0 Å². The molecule has 0 saturated carbocycles. The standard InChI is InChI=1S/C13H13FN2O/c1-7-3-4-9-5-10-13(17)15-6-8(2)16(10)12(9)11(7)14/h3-5,8H,6H2,1-2H3,(H,15,17)/t8-/m1/s1. The Balaban J connectivity index is 2.44. The molecule has 88 valence electrons. The van der Waals surface area contributed by atoms with Crippen LogP contribution in [0.1, 0.15) is 29.0 Å². The third kappa shape index (κ3) is 1.30. The fourth-order valence-electron chi connectivity index (χ4n) is 2.43. The number of carbonyl (C=O) groups is 1. The van der Waals surface area contributed by atoms with Gasteiger partial charge < -0.3 is 9.88 Å². The summed E-state index contributed by atoms with van der Waals surface area (Å²) in [5.74, 6) is -0.355. The van der Waals surface area contributed by atoms with Crippen LogP contribution in [-0.4, -0.2) is 17.0 Å². The lowest BCUT2D eigenvalue weighted by molar-refractivity contribution is 0.0919. The average Bonchev–Trinajstić information content (AvgIpc) is 2.70. The molecule has 2 aromatic rings. The molecule has 0 spiro atoms. The van der Waals surface area contributed by atoms with E-state index in [1.807, 2.05) is 13.0 Å². The van der Waals surface area contributed by atoms with E-state index in [9.17, 15) is 9.18 Å². The van der Waals surface area contributed by atoms with Crippen molar-refractivity contribution >= 4 is 16.8 Å². The Labute approximate surface area is 98.2 Å². The van der Waals surface area contributed by atoms with Crippen molar-refractivity contribution in [2.75, 3.05) is 6.54 Å². The quantitative estimate of drug-likeness (QED) is 0.743. The molecule has 4 heteroatoms. The van der Waals surface area contributed by atoms with Crippen molar-refractivity contribution < 1.29 is 9.18 Å². The summed E-state index contributed by atoms with van der Waals surface area (Å²) in [5, 5.41) is 3.59. The fourth-order valence-corrected chi connectivity index (χ4v) is 2.43. The summed E-state index contributed by atoms with van der Waals surface area (Å²) in [5.41, 5.74) is 1.70. The summed E-state index contributed by atoms with van der Waals surface area (Å²) >= 11 is 0. The van der Waals surface area contributed by atoms with E-state index in [1.54, 1.807) is 23.6 Å². The first-order valence-electron chi connectivity index (χ1n) is 5.68. The van der Waals surface area contributed by atoms with Gasteiger partial charge in [-0.25, -0.2) is 4.39 Å². The van der Waals surface area contributed by atoms with Crippen LogP contribution in [0.15, 0.2) is 18.2 Å². The number of carbonyl (C=O) groups excluding carboxylic acids is 1. The van der Waals surface area contributed by atoms with Crippen molar-refractivity contribution in [1.29, 1.82) is 0 Å². The third-order valence-corrected chi connectivity index (χ3v) is 3.36. The number of fused-ring (bicyclic) bond motifs is 3. The minimum absolute atomic E-state index is 0.0801. The summed E-state index contributed by atoms with van der Waals surface area (Å²) < 4.78 is 16.0. The van der Waals surface area contributed by atoms with Crippen LogP contribution in [0.2, 0.25) is 0 Å². The molecule has 0 fully saturated rings. The minimum Gasteiger partial charge on any atom is -0.349 e. The number of nitrogens with one attached hydrogen (secondary N) is 1. The van der Waals surface area contributed by atoms with Gasteiger partial charge in [0, 0.05) is 18.0 Å². The molecule has 1 aromatic carbocycles. The van der Waals surface area contributed by atoms with Gasteiger partial charge >= 0.3 is 0 Å². The molecule has 1 amide bonds. The van der Waals surface area contributed by atoms with E-state index in [1.165, 1.54) is 0 Å². The normalized spacial score (nSPS) is 19.2. The summed E-state index contributed by atoms with van der Waals surface area (Å²) in [7, 11) is 0. The van der Waals surface area contributed by atoms with Crippen LogP contribution in [0.4, 0.5) is 4.39 Å². The van der Waals surface area contributed by atoms with Gasteiger partial charge in [-0.1, -0.05) is 12.1 Å². The molecule has 1 aromatic heterocycles. The Morgan fingerprint density at radius 2 is 2.24 bits per heavy atom. The van der Waals surface area contributed by atoms with Gasteiger partial charge in [0.15, 0.2) is 0 Å². The summed E-state index contributed by atoms with van der Waals surface area (Å²) in [6.07, 6.45) is 0. The van der Waals surface area contributed by atoms with Gasteiger partial charge in [0.2, 0.25) is 0 Å². The molecule has 1 aliphatic heterocycles. The average molecular weight is 232 g/mol. The second-order valence-electron chi connectivity index (χ2n) is 4.59. The zero-order valence-electron chi connectivity index (χ0n) is 9.75. The predicted octanol–water partition coefficient (Wildman–Crippen LogP) is 2.39. The predicted molar refractivity (Wildman–Crippen MR) is 63.7 cm³/mol. The van der Waals surface area contributed by atoms with Gasteiger partial charge in [-0.05, 0) is 25.5 Å². The zero-order chi connectivity index (χ0) is 12.2. The van der Waals surface area contributed by atoms with Gasteiger partial charge in [0.1, 0.15) is 11.5 Å². The molecule has 0 aliphatic carbocycles. The number of nitrogens with zero attached hydrogens (tertiary/aromatic N) is 1. The number of benzene rings is 1. The highest BCUT2D eigenvalue weighted by molar-refractivity contribution is 6.00. The molecule has 17 heavy (non-hydrogen) atoms. The highest BCUT2D eigenvalue weighted by atomic mass is 19.1. The molecule has 0 radical (unpaired) electrons. The van der Waals surface area contributed by atoms with Crippen molar-refractivity contribution in [3.8, 4) is 0 Å².